The van der Waals surface area contributed by atoms with Crippen molar-refractivity contribution < 1.29 is 4.42 Å². The molecule has 1 aromatic heterocycles. The number of nitrogens with one attached hydrogen (secondary N) is 4. The lowest BCUT2D eigenvalue weighted by Crippen LogP contribution is -2.36. The maximum Gasteiger partial charge on any atom is 0.186 e. The minimum absolute atomic E-state index is 0.408. The van der Waals surface area contributed by atoms with E-state index in [1.54, 1.807) is 0 Å². The molecule has 0 unspecified atom stereocenters. The Hall–Kier alpha value is -2.04. The quantitative estimate of drug-likeness (QED) is 0.244. The Bertz CT molecular complexity index is 748. The maximum atomic E-state index is 6.11. The summed E-state index contributed by atoms with van der Waals surface area (Å²) in [4.78, 5) is 2.36. The molecule has 10 heteroatoms. The molecule has 0 aliphatic carbocycles. The van der Waals surface area contributed by atoms with Crippen LogP contribution in [0.4, 0.5) is 0 Å². The van der Waals surface area contributed by atoms with Crippen LogP contribution >= 0.6 is 24.4 Å². The number of hydrogen-bond donors (Lipinski definition) is 4. The fraction of sp³-hybridized carbons (Fsp3) is 0.600. The molecule has 1 aromatic rings. The van der Waals surface area contributed by atoms with E-state index in [1.807, 2.05) is 32.9 Å². The summed E-state index contributed by atoms with van der Waals surface area (Å²) < 4.78 is 6.11. The predicted molar refractivity (Wildman–Crippen MR) is 133 cm³/mol. The molecule has 0 aromatic carbocycles. The van der Waals surface area contributed by atoms with Crippen molar-refractivity contribution >= 4 is 46.1 Å². The summed E-state index contributed by atoms with van der Waals surface area (Å²) in [5.41, 5.74) is 6.80. The van der Waals surface area contributed by atoms with Gasteiger partial charge in [0, 0.05) is 25.2 Å². The van der Waals surface area contributed by atoms with E-state index in [4.69, 9.17) is 28.9 Å². The molecule has 0 spiro atoms. The third-order valence-electron chi connectivity index (χ3n) is 4.17. The van der Waals surface area contributed by atoms with Crippen LogP contribution in [-0.2, 0) is 6.54 Å². The van der Waals surface area contributed by atoms with Gasteiger partial charge < -0.3 is 15.1 Å². The molecule has 0 bridgehead atoms. The second kappa shape index (κ2) is 13.3. The van der Waals surface area contributed by atoms with E-state index in [1.165, 1.54) is 0 Å². The number of rotatable bonds is 10. The summed E-state index contributed by atoms with van der Waals surface area (Å²) in [5.74, 6) is 1.46. The molecule has 0 saturated carbocycles. The highest BCUT2D eigenvalue weighted by Crippen LogP contribution is 2.16. The van der Waals surface area contributed by atoms with Crippen LogP contribution in [0.15, 0.2) is 26.8 Å². The average molecular weight is 454 g/mol. The number of furan rings is 1. The largest absolute Gasteiger partial charge is 0.458 e. The molecule has 0 atom stereocenters. The molecule has 0 aliphatic heterocycles. The van der Waals surface area contributed by atoms with Crippen LogP contribution in [0.25, 0.3) is 0 Å². The zero-order chi connectivity index (χ0) is 22.7. The molecular weight excluding hydrogens is 418 g/mol. The van der Waals surface area contributed by atoms with Gasteiger partial charge in [-0.3, -0.25) is 15.8 Å². The van der Waals surface area contributed by atoms with E-state index in [0.717, 1.165) is 5.76 Å². The summed E-state index contributed by atoms with van der Waals surface area (Å²) >= 11 is 10.4. The highest BCUT2D eigenvalue weighted by Gasteiger charge is 2.18. The lowest BCUT2D eigenvalue weighted by Gasteiger charge is -2.29. The fourth-order valence-corrected chi connectivity index (χ4v) is 3.12. The van der Waals surface area contributed by atoms with Crippen molar-refractivity contribution in [2.45, 2.75) is 67.1 Å². The third kappa shape index (κ3) is 8.76. The van der Waals surface area contributed by atoms with Gasteiger partial charge >= 0.3 is 0 Å². The zero-order valence-electron chi connectivity index (χ0n) is 19.0. The Kier molecular flexibility index (Phi) is 11.5. The van der Waals surface area contributed by atoms with Crippen molar-refractivity contribution in [2.75, 3.05) is 13.1 Å². The number of thiocarbonyl (C=S) groups is 2. The van der Waals surface area contributed by atoms with Gasteiger partial charge in [-0.15, -0.1) is 0 Å². The molecule has 0 amide bonds. The topological polar surface area (TPSA) is 89.2 Å². The SMILES string of the molecule is CCNC(=S)N/N=C(/C(C)=N/NC(=S)NCC)c1ccc(CN(C(C)C)C(C)C)o1. The Morgan fingerprint density at radius 2 is 1.50 bits per heavy atom. The zero-order valence-corrected chi connectivity index (χ0v) is 20.6. The van der Waals surface area contributed by atoms with E-state index >= 15 is 0 Å². The lowest BCUT2D eigenvalue weighted by molar-refractivity contribution is 0.153. The first kappa shape index (κ1) is 26.0. The second-order valence-electron chi connectivity index (χ2n) is 7.23. The molecule has 30 heavy (non-hydrogen) atoms. The Balaban J connectivity index is 3.11. The molecule has 4 N–H and O–H groups in total. The van der Waals surface area contributed by atoms with E-state index < -0.39 is 0 Å². The molecule has 0 aliphatic rings. The fourth-order valence-electron chi connectivity index (χ4n) is 2.74. The summed E-state index contributed by atoms with van der Waals surface area (Å²) in [5, 5.41) is 15.6. The van der Waals surface area contributed by atoms with Crippen LogP contribution in [0.1, 0.15) is 60.0 Å². The van der Waals surface area contributed by atoms with Crippen LogP contribution in [-0.4, -0.2) is 51.7 Å². The van der Waals surface area contributed by atoms with Gasteiger partial charge in [-0.1, -0.05) is 0 Å². The van der Waals surface area contributed by atoms with Crippen LogP contribution in [0.3, 0.4) is 0 Å². The number of hydrogen-bond acceptors (Lipinski definition) is 6. The van der Waals surface area contributed by atoms with Gasteiger partial charge in [-0.05, 0) is 85.0 Å². The summed E-state index contributed by atoms with van der Waals surface area (Å²) in [6.07, 6.45) is 0. The Morgan fingerprint density at radius 1 is 0.967 bits per heavy atom. The number of nitrogens with zero attached hydrogens (tertiary/aromatic N) is 3. The minimum atomic E-state index is 0.408. The highest BCUT2D eigenvalue weighted by atomic mass is 32.1. The van der Waals surface area contributed by atoms with Crippen LogP contribution in [0.5, 0.6) is 0 Å². The van der Waals surface area contributed by atoms with Crippen molar-refractivity contribution in [3.8, 4) is 0 Å². The standard InChI is InChI=1S/C20H35N7OS2/c1-8-21-19(29)25-23-15(7)18(24-26-20(30)22-9-2)17-11-10-16(28-17)12-27(13(3)4)14(5)6/h10-11,13-14H,8-9,12H2,1-7H3,(H2,21,25,29)(H2,22,26,30)/b23-15+,24-18-. The van der Waals surface area contributed by atoms with E-state index in [2.05, 4.69) is 64.3 Å². The Morgan fingerprint density at radius 3 is 2.00 bits per heavy atom. The van der Waals surface area contributed by atoms with Gasteiger partial charge in [0.25, 0.3) is 0 Å². The summed E-state index contributed by atoms with van der Waals surface area (Å²) in [7, 11) is 0. The summed E-state index contributed by atoms with van der Waals surface area (Å²) in [6, 6.07) is 4.68. The molecule has 8 nitrogen and oxygen atoms in total. The first-order valence-electron chi connectivity index (χ1n) is 10.2. The monoisotopic (exact) mass is 453 g/mol. The first-order valence-corrected chi connectivity index (χ1v) is 11.1. The normalized spacial score (nSPS) is 12.5. The third-order valence-corrected chi connectivity index (χ3v) is 4.64. The van der Waals surface area contributed by atoms with Crippen molar-refractivity contribution in [2.24, 2.45) is 10.2 Å². The van der Waals surface area contributed by atoms with E-state index in [9.17, 15) is 0 Å². The number of hydrazone groups is 2. The average Bonchev–Trinajstić information content (AvgIpc) is 3.13. The minimum Gasteiger partial charge on any atom is -0.458 e. The molecule has 0 saturated heterocycles. The molecular formula is C20H35N7OS2. The van der Waals surface area contributed by atoms with Crippen LogP contribution in [0, 0.1) is 0 Å². The predicted octanol–water partition coefficient (Wildman–Crippen LogP) is 2.95. The van der Waals surface area contributed by atoms with Gasteiger partial charge in [-0.25, -0.2) is 0 Å². The molecule has 168 valence electrons. The van der Waals surface area contributed by atoms with Crippen molar-refractivity contribution in [3.63, 3.8) is 0 Å². The van der Waals surface area contributed by atoms with Crippen molar-refractivity contribution in [1.29, 1.82) is 0 Å². The first-order chi connectivity index (χ1) is 14.2. The van der Waals surface area contributed by atoms with Gasteiger partial charge in [0.2, 0.25) is 0 Å². The Labute approximate surface area is 190 Å². The van der Waals surface area contributed by atoms with Crippen molar-refractivity contribution in [3.05, 3.63) is 23.7 Å². The van der Waals surface area contributed by atoms with Crippen LogP contribution < -0.4 is 21.5 Å². The van der Waals surface area contributed by atoms with Gasteiger partial charge in [0.05, 0.1) is 12.3 Å². The van der Waals surface area contributed by atoms with E-state index in [0.29, 0.717) is 59.1 Å². The lowest BCUT2D eigenvalue weighted by atomic mass is 10.2. The van der Waals surface area contributed by atoms with E-state index in [-0.39, 0.29) is 0 Å². The molecule has 0 fully saturated rings. The maximum absolute atomic E-state index is 6.11. The van der Waals surface area contributed by atoms with Gasteiger partial charge in [0.1, 0.15) is 11.5 Å². The van der Waals surface area contributed by atoms with Crippen molar-refractivity contribution in [1.82, 2.24) is 26.4 Å². The van der Waals surface area contributed by atoms with Crippen LogP contribution in [0.2, 0.25) is 0 Å². The molecule has 1 rings (SSSR count). The van der Waals surface area contributed by atoms with Gasteiger partial charge in [0.15, 0.2) is 16.0 Å². The highest BCUT2D eigenvalue weighted by molar-refractivity contribution is 7.80. The molecule has 0 radical (unpaired) electrons. The second-order valence-corrected chi connectivity index (χ2v) is 8.04. The van der Waals surface area contributed by atoms with Gasteiger partial charge in [-0.2, -0.15) is 10.2 Å². The smallest absolute Gasteiger partial charge is 0.186 e. The summed E-state index contributed by atoms with van der Waals surface area (Å²) in [6.45, 7) is 16.6. The molecule has 1 heterocycles.